The molecule has 0 aromatic heterocycles. The summed E-state index contributed by atoms with van der Waals surface area (Å²) in [5, 5.41) is 0. The summed E-state index contributed by atoms with van der Waals surface area (Å²) in [4.78, 5) is 13.7. The van der Waals surface area contributed by atoms with Gasteiger partial charge in [-0.25, -0.2) is 4.79 Å². The largest absolute Gasteiger partial charge is 0.447 e. The van der Waals surface area contributed by atoms with Crippen molar-refractivity contribution >= 4 is 6.09 Å². The SMILES string of the molecule is C=C(C1CCOC1)N1C(=O)OC[C@H]1Cc1ccccc1. The molecule has 4 nitrogen and oxygen atoms in total. The fourth-order valence-corrected chi connectivity index (χ4v) is 2.84. The Morgan fingerprint density at radius 3 is 2.80 bits per heavy atom. The molecule has 0 bridgehead atoms. The van der Waals surface area contributed by atoms with Crippen LogP contribution in [0.1, 0.15) is 12.0 Å². The van der Waals surface area contributed by atoms with Gasteiger partial charge in [0.05, 0.1) is 12.6 Å². The number of nitrogens with zero attached hydrogens (tertiary/aromatic N) is 1. The van der Waals surface area contributed by atoms with Crippen molar-refractivity contribution in [3.8, 4) is 0 Å². The highest BCUT2D eigenvalue weighted by molar-refractivity contribution is 5.72. The van der Waals surface area contributed by atoms with Gasteiger partial charge in [-0.3, -0.25) is 4.90 Å². The van der Waals surface area contributed by atoms with E-state index in [2.05, 4.69) is 18.7 Å². The first-order valence-corrected chi connectivity index (χ1v) is 7.02. The van der Waals surface area contributed by atoms with Gasteiger partial charge < -0.3 is 9.47 Å². The van der Waals surface area contributed by atoms with E-state index < -0.39 is 0 Å². The highest BCUT2D eigenvalue weighted by Gasteiger charge is 2.37. The van der Waals surface area contributed by atoms with E-state index in [0.29, 0.717) is 13.2 Å². The molecule has 20 heavy (non-hydrogen) atoms. The predicted octanol–water partition coefficient (Wildman–Crippen LogP) is 2.60. The monoisotopic (exact) mass is 273 g/mol. The summed E-state index contributed by atoms with van der Waals surface area (Å²) in [6.45, 7) is 5.94. The first-order chi connectivity index (χ1) is 9.75. The smallest absolute Gasteiger partial charge is 0.414 e. The molecule has 4 heteroatoms. The molecular formula is C16H19NO3. The number of ether oxygens (including phenoxy) is 2. The van der Waals surface area contributed by atoms with E-state index in [1.807, 2.05) is 18.2 Å². The van der Waals surface area contributed by atoms with E-state index >= 15 is 0 Å². The molecule has 2 saturated heterocycles. The summed E-state index contributed by atoms with van der Waals surface area (Å²) >= 11 is 0. The third-order valence-electron chi connectivity index (χ3n) is 3.99. The summed E-state index contributed by atoms with van der Waals surface area (Å²) in [5.41, 5.74) is 2.04. The second-order valence-corrected chi connectivity index (χ2v) is 5.34. The average Bonchev–Trinajstić information content (AvgIpc) is 3.10. The zero-order valence-electron chi connectivity index (χ0n) is 11.5. The Hall–Kier alpha value is -1.81. The molecule has 3 rings (SSSR count). The molecular weight excluding hydrogens is 254 g/mol. The molecule has 0 aliphatic carbocycles. The third kappa shape index (κ3) is 2.56. The maximum absolute atomic E-state index is 12.0. The van der Waals surface area contributed by atoms with E-state index in [9.17, 15) is 4.79 Å². The van der Waals surface area contributed by atoms with Gasteiger partial charge in [-0.05, 0) is 18.4 Å². The van der Waals surface area contributed by atoms with Crippen molar-refractivity contribution in [2.24, 2.45) is 5.92 Å². The van der Waals surface area contributed by atoms with Crippen LogP contribution in [0.3, 0.4) is 0 Å². The Morgan fingerprint density at radius 1 is 1.30 bits per heavy atom. The zero-order chi connectivity index (χ0) is 13.9. The van der Waals surface area contributed by atoms with Crippen LogP contribution in [0.5, 0.6) is 0 Å². The molecule has 1 unspecified atom stereocenters. The number of hydrogen-bond donors (Lipinski definition) is 0. The molecule has 1 amide bonds. The fraction of sp³-hybridized carbons (Fsp3) is 0.438. The number of hydrogen-bond acceptors (Lipinski definition) is 3. The quantitative estimate of drug-likeness (QED) is 0.846. The minimum Gasteiger partial charge on any atom is -0.447 e. The average molecular weight is 273 g/mol. The van der Waals surface area contributed by atoms with Gasteiger partial charge in [0.1, 0.15) is 6.61 Å². The zero-order valence-corrected chi connectivity index (χ0v) is 11.5. The summed E-state index contributed by atoms with van der Waals surface area (Å²) < 4.78 is 10.6. The van der Waals surface area contributed by atoms with E-state index in [4.69, 9.17) is 9.47 Å². The van der Waals surface area contributed by atoms with Gasteiger partial charge in [0.25, 0.3) is 0 Å². The van der Waals surface area contributed by atoms with Crippen molar-refractivity contribution in [1.29, 1.82) is 0 Å². The van der Waals surface area contributed by atoms with E-state index in [1.165, 1.54) is 5.56 Å². The number of cyclic esters (lactones) is 1. The van der Waals surface area contributed by atoms with Gasteiger partial charge >= 0.3 is 6.09 Å². The lowest BCUT2D eigenvalue weighted by atomic mass is 10.0. The Labute approximate surface area is 119 Å². The van der Waals surface area contributed by atoms with Gasteiger partial charge in [-0.2, -0.15) is 0 Å². The van der Waals surface area contributed by atoms with Crippen molar-refractivity contribution in [2.75, 3.05) is 19.8 Å². The first-order valence-electron chi connectivity index (χ1n) is 7.02. The van der Waals surface area contributed by atoms with E-state index in [0.717, 1.165) is 25.1 Å². The highest BCUT2D eigenvalue weighted by Crippen LogP contribution is 2.29. The van der Waals surface area contributed by atoms with Crippen LogP contribution in [0.4, 0.5) is 4.79 Å². The molecule has 2 atom stereocenters. The highest BCUT2D eigenvalue weighted by atomic mass is 16.6. The minimum absolute atomic E-state index is 0.0398. The van der Waals surface area contributed by atoms with Gasteiger partial charge in [0, 0.05) is 18.2 Å². The second-order valence-electron chi connectivity index (χ2n) is 5.34. The van der Waals surface area contributed by atoms with Crippen molar-refractivity contribution in [3.05, 3.63) is 48.2 Å². The van der Waals surface area contributed by atoms with Crippen LogP contribution in [0.25, 0.3) is 0 Å². The lowest BCUT2D eigenvalue weighted by Gasteiger charge is -2.26. The summed E-state index contributed by atoms with van der Waals surface area (Å²) in [7, 11) is 0. The number of carbonyl (C=O) groups is 1. The fourth-order valence-electron chi connectivity index (χ4n) is 2.84. The van der Waals surface area contributed by atoms with Crippen LogP contribution in [-0.2, 0) is 15.9 Å². The number of amides is 1. The van der Waals surface area contributed by atoms with E-state index in [-0.39, 0.29) is 18.1 Å². The summed E-state index contributed by atoms with van der Waals surface area (Å²) in [6, 6.07) is 10.2. The summed E-state index contributed by atoms with van der Waals surface area (Å²) in [5.74, 6) is 0.235. The molecule has 1 aromatic rings. The molecule has 0 N–H and O–H groups in total. The van der Waals surface area contributed by atoms with Crippen LogP contribution in [0.15, 0.2) is 42.6 Å². The van der Waals surface area contributed by atoms with Gasteiger partial charge in [0.15, 0.2) is 0 Å². The molecule has 2 aliphatic rings. The Kier molecular flexibility index (Phi) is 3.74. The summed E-state index contributed by atoms with van der Waals surface area (Å²) in [6.07, 6.45) is 1.45. The Morgan fingerprint density at radius 2 is 2.10 bits per heavy atom. The van der Waals surface area contributed by atoms with Gasteiger partial charge in [0.2, 0.25) is 0 Å². The topological polar surface area (TPSA) is 38.8 Å². The molecule has 2 aliphatic heterocycles. The molecule has 2 heterocycles. The van der Waals surface area contributed by atoms with Crippen molar-refractivity contribution in [1.82, 2.24) is 4.90 Å². The van der Waals surface area contributed by atoms with Crippen LogP contribution in [0.2, 0.25) is 0 Å². The van der Waals surface area contributed by atoms with Crippen molar-refractivity contribution in [3.63, 3.8) is 0 Å². The predicted molar refractivity (Wildman–Crippen MR) is 75.2 cm³/mol. The molecule has 106 valence electrons. The molecule has 0 saturated carbocycles. The molecule has 0 spiro atoms. The Bertz CT molecular complexity index is 494. The Balaban J connectivity index is 1.73. The van der Waals surface area contributed by atoms with Crippen molar-refractivity contribution < 1.29 is 14.3 Å². The maximum Gasteiger partial charge on any atom is 0.414 e. The van der Waals surface area contributed by atoms with Crippen molar-refractivity contribution in [2.45, 2.75) is 18.9 Å². The van der Waals surface area contributed by atoms with Crippen LogP contribution in [-0.4, -0.2) is 36.9 Å². The number of benzene rings is 1. The lowest BCUT2D eigenvalue weighted by molar-refractivity contribution is 0.159. The molecule has 0 radical (unpaired) electrons. The second kappa shape index (κ2) is 5.67. The van der Waals surface area contributed by atoms with Gasteiger partial charge in [-0.1, -0.05) is 36.9 Å². The third-order valence-corrected chi connectivity index (χ3v) is 3.99. The minimum atomic E-state index is -0.275. The molecule has 1 aromatic carbocycles. The number of rotatable bonds is 4. The standard InChI is InChI=1S/C16H19NO3/c1-12(14-7-8-19-10-14)17-15(11-20-16(17)18)9-13-5-3-2-4-6-13/h2-6,14-15H,1,7-11H2/t14?,15-/m1/s1. The normalized spacial score (nSPS) is 25.8. The lowest BCUT2D eigenvalue weighted by Crippen LogP contribution is -2.36. The van der Waals surface area contributed by atoms with Gasteiger partial charge in [-0.15, -0.1) is 0 Å². The van der Waals surface area contributed by atoms with Crippen LogP contribution in [0, 0.1) is 5.92 Å². The first kappa shape index (κ1) is 13.2. The van der Waals surface area contributed by atoms with Crippen LogP contribution < -0.4 is 0 Å². The number of carbonyl (C=O) groups excluding carboxylic acids is 1. The molecule has 2 fully saturated rings. The van der Waals surface area contributed by atoms with Crippen LogP contribution >= 0.6 is 0 Å². The van der Waals surface area contributed by atoms with E-state index in [1.54, 1.807) is 4.90 Å². The maximum atomic E-state index is 12.0.